The van der Waals surface area contributed by atoms with E-state index in [-0.39, 0.29) is 11.9 Å². The van der Waals surface area contributed by atoms with Gasteiger partial charge in [0.05, 0.1) is 6.04 Å². The van der Waals surface area contributed by atoms with Crippen molar-refractivity contribution in [2.24, 2.45) is 5.92 Å². The van der Waals surface area contributed by atoms with E-state index in [9.17, 15) is 4.79 Å². The monoisotopic (exact) mass is 394 g/mol. The van der Waals surface area contributed by atoms with E-state index in [1.807, 2.05) is 32.0 Å². The number of carbonyl (C=O) groups excluding carboxylic acids is 1. The van der Waals surface area contributed by atoms with E-state index in [4.69, 9.17) is 4.74 Å². The first-order valence-electron chi connectivity index (χ1n) is 10.7. The Balaban J connectivity index is 1.56. The maximum atomic E-state index is 12.6. The number of anilines is 1. The van der Waals surface area contributed by atoms with Crippen LogP contribution in [0.4, 0.5) is 5.69 Å². The van der Waals surface area contributed by atoms with E-state index in [1.54, 1.807) is 6.92 Å². The predicted octanol–water partition coefficient (Wildman–Crippen LogP) is 5.18. The topological polar surface area (TPSA) is 41.6 Å². The van der Waals surface area contributed by atoms with Gasteiger partial charge in [-0.2, -0.15) is 0 Å². The van der Waals surface area contributed by atoms with Gasteiger partial charge in [-0.25, -0.2) is 0 Å². The summed E-state index contributed by atoms with van der Waals surface area (Å²) >= 11 is 0. The molecule has 2 aromatic rings. The minimum Gasteiger partial charge on any atom is -0.481 e. The van der Waals surface area contributed by atoms with Crippen molar-refractivity contribution in [3.8, 4) is 5.75 Å². The van der Waals surface area contributed by atoms with Gasteiger partial charge < -0.3 is 15.0 Å². The molecule has 0 radical (unpaired) electrons. The van der Waals surface area contributed by atoms with E-state index < -0.39 is 6.10 Å². The van der Waals surface area contributed by atoms with Crippen molar-refractivity contribution in [3.05, 3.63) is 59.2 Å². The number of rotatable bonds is 6. The summed E-state index contributed by atoms with van der Waals surface area (Å²) in [6.07, 6.45) is 2.03. The Kier molecular flexibility index (Phi) is 6.83. The highest BCUT2D eigenvalue weighted by Gasteiger charge is 2.19. The number of benzene rings is 2. The van der Waals surface area contributed by atoms with Crippen molar-refractivity contribution in [2.75, 3.05) is 18.0 Å². The molecule has 29 heavy (non-hydrogen) atoms. The largest absolute Gasteiger partial charge is 0.481 e. The first-order valence-corrected chi connectivity index (χ1v) is 10.7. The quantitative estimate of drug-likeness (QED) is 0.733. The molecule has 0 saturated carbocycles. The number of piperidine rings is 1. The fraction of sp³-hybridized carbons (Fsp3) is 0.480. The summed E-state index contributed by atoms with van der Waals surface area (Å²) in [6.45, 7) is 12.5. The number of carbonyl (C=O) groups is 1. The normalized spacial score (nSPS) is 18.8. The SMILES string of the molecule is Cc1ccc(O[C@H](C)C(=O)N[C@H](C)c2ccc(N3CCC[C@@H](C)C3)cc2)cc1C. The molecule has 4 nitrogen and oxygen atoms in total. The summed E-state index contributed by atoms with van der Waals surface area (Å²) in [5.41, 5.74) is 4.74. The smallest absolute Gasteiger partial charge is 0.261 e. The molecule has 1 heterocycles. The fourth-order valence-corrected chi connectivity index (χ4v) is 3.86. The maximum Gasteiger partial charge on any atom is 0.261 e. The Morgan fingerprint density at radius 2 is 1.83 bits per heavy atom. The van der Waals surface area contributed by atoms with E-state index in [1.165, 1.54) is 24.1 Å². The average molecular weight is 395 g/mol. The van der Waals surface area contributed by atoms with Crippen molar-refractivity contribution < 1.29 is 9.53 Å². The molecule has 1 N–H and O–H groups in total. The Labute approximate surface area is 175 Å². The highest BCUT2D eigenvalue weighted by Crippen LogP contribution is 2.25. The van der Waals surface area contributed by atoms with Gasteiger partial charge in [0.15, 0.2) is 6.10 Å². The second-order valence-corrected chi connectivity index (χ2v) is 8.52. The standard InChI is InChI=1S/C25H34N2O2/c1-17-7-6-14-27(16-17)23-11-9-22(10-12-23)20(4)26-25(28)21(5)29-24-13-8-18(2)19(3)15-24/h8-13,15,17,20-21H,6-7,14,16H2,1-5H3,(H,26,28)/t17-,20-,21-/m1/s1. The van der Waals surface area contributed by atoms with Crippen molar-refractivity contribution in [2.45, 2.75) is 59.6 Å². The van der Waals surface area contributed by atoms with Gasteiger partial charge in [-0.15, -0.1) is 0 Å². The molecule has 0 spiro atoms. The van der Waals surface area contributed by atoms with Gasteiger partial charge in [0.2, 0.25) is 0 Å². The van der Waals surface area contributed by atoms with Crippen LogP contribution < -0.4 is 15.0 Å². The van der Waals surface area contributed by atoms with Crippen LogP contribution in [0.25, 0.3) is 0 Å². The lowest BCUT2D eigenvalue weighted by molar-refractivity contribution is -0.127. The zero-order chi connectivity index (χ0) is 21.0. The number of ether oxygens (including phenoxy) is 1. The van der Waals surface area contributed by atoms with E-state index in [0.717, 1.165) is 35.9 Å². The van der Waals surface area contributed by atoms with Crippen LogP contribution in [0.3, 0.4) is 0 Å². The van der Waals surface area contributed by atoms with E-state index in [2.05, 4.69) is 48.3 Å². The zero-order valence-corrected chi connectivity index (χ0v) is 18.4. The van der Waals surface area contributed by atoms with Gasteiger partial charge in [-0.3, -0.25) is 4.79 Å². The molecule has 1 aliphatic heterocycles. The van der Waals surface area contributed by atoms with Crippen LogP contribution in [0.15, 0.2) is 42.5 Å². The summed E-state index contributed by atoms with van der Waals surface area (Å²) in [6, 6.07) is 14.4. The first kappa shape index (κ1) is 21.2. The van der Waals surface area contributed by atoms with Gasteiger partial charge in [-0.05, 0) is 87.4 Å². The molecule has 1 amide bonds. The van der Waals surface area contributed by atoms with Crippen LogP contribution in [-0.4, -0.2) is 25.1 Å². The van der Waals surface area contributed by atoms with E-state index in [0.29, 0.717) is 0 Å². The van der Waals surface area contributed by atoms with Gasteiger partial charge in [0.25, 0.3) is 5.91 Å². The second-order valence-electron chi connectivity index (χ2n) is 8.52. The summed E-state index contributed by atoms with van der Waals surface area (Å²) in [5.74, 6) is 1.37. The molecule has 1 fully saturated rings. The molecule has 3 rings (SSSR count). The molecule has 156 valence electrons. The molecule has 2 aromatic carbocycles. The van der Waals surface area contributed by atoms with Crippen molar-refractivity contribution in [1.29, 1.82) is 0 Å². The Bertz CT molecular complexity index is 831. The van der Waals surface area contributed by atoms with Crippen LogP contribution in [0.2, 0.25) is 0 Å². The number of aryl methyl sites for hydroxylation is 2. The number of hydrogen-bond acceptors (Lipinski definition) is 3. The molecular weight excluding hydrogens is 360 g/mol. The highest BCUT2D eigenvalue weighted by atomic mass is 16.5. The van der Waals surface area contributed by atoms with Crippen LogP contribution in [0, 0.1) is 19.8 Å². The summed E-state index contributed by atoms with van der Waals surface area (Å²) in [5, 5.41) is 3.07. The second kappa shape index (κ2) is 9.34. The van der Waals surface area contributed by atoms with Crippen molar-refractivity contribution in [1.82, 2.24) is 5.32 Å². The van der Waals surface area contributed by atoms with Crippen LogP contribution in [-0.2, 0) is 4.79 Å². The molecule has 0 bridgehead atoms. The minimum atomic E-state index is -0.548. The van der Waals surface area contributed by atoms with Crippen LogP contribution >= 0.6 is 0 Å². The summed E-state index contributed by atoms with van der Waals surface area (Å²) in [7, 11) is 0. The lowest BCUT2D eigenvalue weighted by atomic mass is 9.99. The third-order valence-corrected chi connectivity index (χ3v) is 5.93. The van der Waals surface area contributed by atoms with Gasteiger partial charge in [0.1, 0.15) is 5.75 Å². The average Bonchev–Trinajstić information content (AvgIpc) is 2.70. The van der Waals surface area contributed by atoms with Gasteiger partial charge in [-0.1, -0.05) is 25.1 Å². The highest BCUT2D eigenvalue weighted by molar-refractivity contribution is 5.81. The maximum absolute atomic E-state index is 12.6. The molecule has 1 saturated heterocycles. The molecule has 0 aliphatic carbocycles. The summed E-state index contributed by atoms with van der Waals surface area (Å²) in [4.78, 5) is 15.0. The Morgan fingerprint density at radius 1 is 1.10 bits per heavy atom. The minimum absolute atomic E-state index is 0.0670. The Hall–Kier alpha value is -2.49. The molecule has 1 aliphatic rings. The molecule has 3 atom stereocenters. The number of nitrogens with one attached hydrogen (secondary N) is 1. The van der Waals surface area contributed by atoms with Crippen LogP contribution in [0.5, 0.6) is 5.75 Å². The Morgan fingerprint density at radius 3 is 2.48 bits per heavy atom. The van der Waals surface area contributed by atoms with Crippen LogP contribution in [0.1, 0.15) is 56.3 Å². The number of nitrogens with zero attached hydrogens (tertiary/aromatic N) is 1. The van der Waals surface area contributed by atoms with Gasteiger partial charge in [0, 0.05) is 18.8 Å². The lowest BCUT2D eigenvalue weighted by Gasteiger charge is -2.33. The van der Waals surface area contributed by atoms with Crippen molar-refractivity contribution in [3.63, 3.8) is 0 Å². The van der Waals surface area contributed by atoms with Gasteiger partial charge >= 0.3 is 0 Å². The third kappa shape index (κ3) is 5.53. The molecular formula is C25H34N2O2. The number of hydrogen-bond donors (Lipinski definition) is 1. The molecule has 0 unspecified atom stereocenters. The summed E-state index contributed by atoms with van der Waals surface area (Å²) < 4.78 is 5.84. The predicted molar refractivity (Wildman–Crippen MR) is 120 cm³/mol. The van der Waals surface area contributed by atoms with E-state index >= 15 is 0 Å². The number of amides is 1. The zero-order valence-electron chi connectivity index (χ0n) is 18.4. The lowest BCUT2D eigenvalue weighted by Crippen LogP contribution is -2.37. The molecule has 0 aromatic heterocycles. The third-order valence-electron chi connectivity index (χ3n) is 5.93. The first-order chi connectivity index (χ1) is 13.8. The van der Waals surface area contributed by atoms with Crippen molar-refractivity contribution >= 4 is 11.6 Å². The molecule has 4 heteroatoms. The fourth-order valence-electron chi connectivity index (χ4n) is 3.86.